The molecule has 22 heavy (non-hydrogen) atoms. The summed E-state index contributed by atoms with van der Waals surface area (Å²) in [6.45, 7) is 5.76. The Labute approximate surface area is 133 Å². The van der Waals surface area contributed by atoms with E-state index in [1.165, 1.54) is 23.7 Å². The Kier molecular flexibility index (Phi) is 4.49. The molecule has 0 bridgehead atoms. The van der Waals surface area contributed by atoms with Gasteiger partial charge in [-0.2, -0.15) is 4.37 Å². The molecule has 1 aromatic heterocycles. The summed E-state index contributed by atoms with van der Waals surface area (Å²) >= 11 is 1.32. The van der Waals surface area contributed by atoms with Crippen LogP contribution >= 0.6 is 11.5 Å². The summed E-state index contributed by atoms with van der Waals surface area (Å²) in [7, 11) is 0. The molecule has 4 nitrogen and oxygen atoms in total. The Balaban J connectivity index is 1.55. The Morgan fingerprint density at radius 2 is 1.91 bits per heavy atom. The molecule has 6 heteroatoms. The van der Waals surface area contributed by atoms with Gasteiger partial charge >= 0.3 is 0 Å². The Bertz CT molecular complexity index is 648. The Morgan fingerprint density at radius 1 is 1.23 bits per heavy atom. The number of benzene rings is 1. The van der Waals surface area contributed by atoms with Crippen LogP contribution in [0.2, 0.25) is 0 Å². The van der Waals surface area contributed by atoms with Crippen molar-refractivity contribution in [3.05, 3.63) is 52.3 Å². The highest BCUT2D eigenvalue weighted by molar-refractivity contribution is 7.03. The van der Waals surface area contributed by atoms with Gasteiger partial charge in [0.2, 0.25) is 0 Å². The zero-order valence-corrected chi connectivity index (χ0v) is 13.3. The van der Waals surface area contributed by atoms with Crippen LogP contribution in [0.4, 0.5) is 4.39 Å². The average molecular weight is 319 g/mol. The molecule has 0 radical (unpaired) electrons. The van der Waals surface area contributed by atoms with Crippen LogP contribution in [-0.4, -0.2) is 46.3 Å². The molecule has 1 aliphatic rings. The van der Waals surface area contributed by atoms with Crippen LogP contribution in [0, 0.1) is 12.7 Å². The van der Waals surface area contributed by atoms with Crippen molar-refractivity contribution < 1.29 is 9.18 Å². The van der Waals surface area contributed by atoms with E-state index in [1.54, 1.807) is 0 Å². The number of hydrogen-bond acceptors (Lipinski definition) is 4. The number of aryl methyl sites for hydroxylation is 1. The molecular formula is C16H18FN3OS. The number of aromatic nitrogens is 1. The molecule has 1 aromatic carbocycles. The van der Waals surface area contributed by atoms with E-state index in [0.29, 0.717) is 0 Å². The van der Waals surface area contributed by atoms with Crippen LogP contribution in [-0.2, 0) is 6.54 Å². The summed E-state index contributed by atoms with van der Waals surface area (Å²) < 4.78 is 17.1. The van der Waals surface area contributed by atoms with Gasteiger partial charge in [-0.05, 0) is 36.2 Å². The Morgan fingerprint density at radius 3 is 2.50 bits per heavy atom. The average Bonchev–Trinajstić information content (AvgIpc) is 2.96. The first kappa shape index (κ1) is 15.1. The van der Waals surface area contributed by atoms with Crippen LogP contribution in [0.15, 0.2) is 29.6 Å². The van der Waals surface area contributed by atoms with Crippen molar-refractivity contribution in [2.75, 3.05) is 26.2 Å². The van der Waals surface area contributed by atoms with E-state index in [0.717, 1.165) is 49.5 Å². The van der Waals surface area contributed by atoms with Gasteiger partial charge < -0.3 is 4.90 Å². The molecule has 1 saturated heterocycles. The standard InChI is InChI=1S/C16H18FN3OS/c1-12-15(11-22-18-12)16(21)20-8-6-19(7-9-20)10-13-2-4-14(17)5-3-13/h2-5,11H,6-10H2,1H3. The van der Waals surface area contributed by atoms with E-state index < -0.39 is 0 Å². The lowest BCUT2D eigenvalue weighted by Crippen LogP contribution is -2.48. The monoisotopic (exact) mass is 319 g/mol. The van der Waals surface area contributed by atoms with Crippen LogP contribution in [0.3, 0.4) is 0 Å². The molecule has 2 aromatic rings. The molecule has 1 fully saturated rings. The molecule has 0 spiro atoms. The topological polar surface area (TPSA) is 36.4 Å². The van der Waals surface area contributed by atoms with Crippen LogP contribution < -0.4 is 0 Å². The SMILES string of the molecule is Cc1nscc1C(=O)N1CCN(Cc2ccc(F)cc2)CC1. The maximum Gasteiger partial charge on any atom is 0.256 e. The molecule has 3 rings (SSSR count). The predicted molar refractivity (Wildman–Crippen MR) is 84.4 cm³/mol. The number of halogens is 1. The van der Waals surface area contributed by atoms with Crippen molar-refractivity contribution in [3.63, 3.8) is 0 Å². The third-order valence-electron chi connectivity index (χ3n) is 3.96. The third kappa shape index (κ3) is 3.34. The summed E-state index contributed by atoms with van der Waals surface area (Å²) in [6, 6.07) is 6.60. The third-order valence-corrected chi connectivity index (χ3v) is 4.68. The molecule has 116 valence electrons. The zero-order valence-electron chi connectivity index (χ0n) is 12.5. The first-order valence-corrected chi connectivity index (χ1v) is 8.14. The first-order chi connectivity index (χ1) is 10.6. The van der Waals surface area contributed by atoms with Crippen LogP contribution in [0.1, 0.15) is 21.6 Å². The van der Waals surface area contributed by atoms with Crippen LogP contribution in [0.25, 0.3) is 0 Å². The van der Waals surface area contributed by atoms with Gasteiger partial charge in [-0.25, -0.2) is 4.39 Å². The van der Waals surface area contributed by atoms with Gasteiger partial charge in [-0.3, -0.25) is 9.69 Å². The van der Waals surface area contributed by atoms with E-state index in [4.69, 9.17) is 0 Å². The number of carbonyl (C=O) groups excluding carboxylic acids is 1. The molecule has 0 N–H and O–H groups in total. The van der Waals surface area contributed by atoms with Crippen molar-refractivity contribution in [1.29, 1.82) is 0 Å². The van der Waals surface area contributed by atoms with Crippen molar-refractivity contribution in [2.45, 2.75) is 13.5 Å². The predicted octanol–water partition coefficient (Wildman–Crippen LogP) is 2.55. The second kappa shape index (κ2) is 6.54. The van der Waals surface area contributed by atoms with Gasteiger partial charge in [0.05, 0.1) is 11.3 Å². The number of hydrogen-bond donors (Lipinski definition) is 0. The van der Waals surface area contributed by atoms with Gasteiger partial charge in [0, 0.05) is 38.1 Å². The van der Waals surface area contributed by atoms with Gasteiger partial charge in [0.25, 0.3) is 5.91 Å². The molecule has 1 aliphatic heterocycles. The highest BCUT2D eigenvalue weighted by Crippen LogP contribution is 2.15. The number of rotatable bonds is 3. The van der Waals surface area contributed by atoms with Crippen molar-refractivity contribution >= 4 is 17.4 Å². The molecule has 0 saturated carbocycles. The molecule has 0 aliphatic carbocycles. The summed E-state index contributed by atoms with van der Waals surface area (Å²) in [5, 5.41) is 1.82. The van der Waals surface area contributed by atoms with Crippen LogP contribution in [0.5, 0.6) is 0 Å². The Hall–Kier alpha value is -1.79. The lowest BCUT2D eigenvalue weighted by atomic mass is 10.1. The second-order valence-electron chi connectivity index (χ2n) is 5.51. The minimum Gasteiger partial charge on any atom is -0.336 e. The fourth-order valence-corrected chi connectivity index (χ4v) is 3.31. The number of piperazine rings is 1. The highest BCUT2D eigenvalue weighted by atomic mass is 32.1. The fraction of sp³-hybridized carbons (Fsp3) is 0.375. The van der Waals surface area contributed by atoms with E-state index >= 15 is 0 Å². The van der Waals surface area contributed by atoms with Gasteiger partial charge in [0.15, 0.2) is 0 Å². The maximum absolute atomic E-state index is 12.9. The minimum absolute atomic E-state index is 0.0766. The maximum atomic E-state index is 12.9. The summed E-state index contributed by atoms with van der Waals surface area (Å²) in [5.41, 5.74) is 2.62. The molecule has 2 heterocycles. The van der Waals surface area contributed by atoms with Crippen molar-refractivity contribution in [1.82, 2.24) is 14.2 Å². The molecule has 0 unspecified atom stereocenters. The zero-order chi connectivity index (χ0) is 15.5. The number of amides is 1. The number of carbonyl (C=O) groups is 1. The van der Waals surface area contributed by atoms with Crippen molar-refractivity contribution in [2.24, 2.45) is 0 Å². The largest absolute Gasteiger partial charge is 0.336 e. The smallest absolute Gasteiger partial charge is 0.256 e. The first-order valence-electron chi connectivity index (χ1n) is 7.30. The highest BCUT2D eigenvalue weighted by Gasteiger charge is 2.23. The van der Waals surface area contributed by atoms with E-state index in [9.17, 15) is 9.18 Å². The normalized spacial score (nSPS) is 16.0. The lowest BCUT2D eigenvalue weighted by Gasteiger charge is -2.34. The molecular weight excluding hydrogens is 301 g/mol. The quantitative estimate of drug-likeness (QED) is 0.872. The summed E-state index contributed by atoms with van der Waals surface area (Å²) in [4.78, 5) is 16.6. The summed E-state index contributed by atoms with van der Waals surface area (Å²) in [6.07, 6.45) is 0. The van der Waals surface area contributed by atoms with Crippen molar-refractivity contribution in [3.8, 4) is 0 Å². The molecule has 1 amide bonds. The lowest BCUT2D eigenvalue weighted by molar-refractivity contribution is 0.0628. The van der Waals surface area contributed by atoms with Gasteiger partial charge in [-0.15, -0.1) is 0 Å². The van der Waals surface area contributed by atoms with Gasteiger partial charge in [-0.1, -0.05) is 12.1 Å². The van der Waals surface area contributed by atoms with Gasteiger partial charge in [0.1, 0.15) is 5.82 Å². The minimum atomic E-state index is -0.209. The second-order valence-corrected chi connectivity index (χ2v) is 6.14. The van der Waals surface area contributed by atoms with E-state index in [-0.39, 0.29) is 11.7 Å². The summed E-state index contributed by atoms with van der Waals surface area (Å²) in [5.74, 6) is -0.133. The fourth-order valence-electron chi connectivity index (χ4n) is 2.63. The van der Waals surface area contributed by atoms with E-state index in [2.05, 4.69) is 9.27 Å². The molecule has 0 atom stereocenters. The number of nitrogens with zero attached hydrogens (tertiary/aromatic N) is 3. The van der Waals surface area contributed by atoms with E-state index in [1.807, 2.05) is 29.3 Å².